The van der Waals surface area contributed by atoms with Crippen LogP contribution in [0, 0.1) is 0 Å². The number of hydrazine groups is 1. The van der Waals surface area contributed by atoms with Gasteiger partial charge in [0.05, 0.1) is 12.6 Å². The van der Waals surface area contributed by atoms with Crippen LogP contribution in [0.4, 0.5) is 0 Å². The smallest absolute Gasteiger partial charge is 0.228 e. The summed E-state index contributed by atoms with van der Waals surface area (Å²) in [5.41, 5.74) is 0. The fourth-order valence-corrected chi connectivity index (χ4v) is 1.37. The molecule has 1 rings (SSSR count). The fourth-order valence-electron chi connectivity index (χ4n) is 0.871. The maximum atomic E-state index is 10.2. The molecule has 0 saturated carbocycles. The zero-order valence-electron chi connectivity index (χ0n) is 5.24. The van der Waals surface area contributed by atoms with Crippen molar-refractivity contribution >= 4 is 28.8 Å². The number of hydrogen-bond acceptors (Lipinski definition) is 2. The first-order valence-electron chi connectivity index (χ1n) is 2.85. The molecule has 1 fully saturated rings. The van der Waals surface area contributed by atoms with Gasteiger partial charge in [-0.1, -0.05) is 15.9 Å². The second-order valence-corrected chi connectivity index (χ2v) is 2.67. The summed E-state index contributed by atoms with van der Waals surface area (Å²) in [7, 11) is 0. The van der Waals surface area contributed by atoms with E-state index >= 15 is 0 Å². The van der Waals surface area contributed by atoms with Crippen LogP contribution in [0.15, 0.2) is 0 Å². The Morgan fingerprint density at radius 3 is 2.60 bits per heavy atom. The molecule has 1 atom stereocenters. The summed E-state index contributed by atoms with van der Waals surface area (Å²) >= 11 is 3.22. The molecule has 0 aliphatic carbocycles. The third kappa shape index (κ3) is 1.01. The first-order chi connectivity index (χ1) is 4.83. The van der Waals surface area contributed by atoms with E-state index in [0.29, 0.717) is 19.4 Å². The first-order valence-corrected chi connectivity index (χ1v) is 3.97. The van der Waals surface area contributed by atoms with E-state index in [2.05, 4.69) is 15.9 Å². The standard InChI is InChI=1S/C5H7BrN2O2/c6-1-5-2-7(3-9)8(5)4-10/h3-5H,1-2H2. The molecule has 0 aromatic carbocycles. The summed E-state index contributed by atoms with van der Waals surface area (Å²) < 4.78 is 0. The topological polar surface area (TPSA) is 40.6 Å². The van der Waals surface area contributed by atoms with Gasteiger partial charge in [0.15, 0.2) is 0 Å². The maximum Gasteiger partial charge on any atom is 0.228 e. The van der Waals surface area contributed by atoms with Crippen LogP contribution >= 0.6 is 15.9 Å². The van der Waals surface area contributed by atoms with Crippen molar-refractivity contribution in [1.29, 1.82) is 0 Å². The van der Waals surface area contributed by atoms with E-state index in [4.69, 9.17) is 0 Å². The van der Waals surface area contributed by atoms with Gasteiger partial charge in [-0.25, -0.2) is 5.01 Å². The monoisotopic (exact) mass is 206 g/mol. The average molecular weight is 207 g/mol. The Morgan fingerprint density at radius 2 is 2.20 bits per heavy atom. The van der Waals surface area contributed by atoms with Gasteiger partial charge in [-0.2, -0.15) is 0 Å². The highest BCUT2D eigenvalue weighted by atomic mass is 79.9. The number of nitrogens with zero attached hydrogens (tertiary/aromatic N) is 2. The number of halogens is 1. The minimum absolute atomic E-state index is 0.155. The Hall–Kier alpha value is -0.580. The van der Waals surface area contributed by atoms with Crippen molar-refractivity contribution in [3.05, 3.63) is 0 Å². The summed E-state index contributed by atoms with van der Waals surface area (Å²) in [4.78, 5) is 20.4. The van der Waals surface area contributed by atoms with Crippen molar-refractivity contribution in [3.8, 4) is 0 Å². The SMILES string of the molecule is O=CN1CC(CBr)N1C=O. The Balaban J connectivity index is 2.45. The van der Waals surface area contributed by atoms with Gasteiger partial charge in [0, 0.05) is 5.33 Å². The second kappa shape index (κ2) is 3.01. The lowest BCUT2D eigenvalue weighted by Gasteiger charge is -2.45. The third-order valence-electron chi connectivity index (χ3n) is 1.48. The van der Waals surface area contributed by atoms with Gasteiger partial charge in [-0.15, -0.1) is 0 Å². The van der Waals surface area contributed by atoms with Gasteiger partial charge in [0.2, 0.25) is 12.8 Å². The molecule has 2 amide bonds. The van der Waals surface area contributed by atoms with Gasteiger partial charge in [0.25, 0.3) is 0 Å². The molecule has 1 saturated heterocycles. The lowest BCUT2D eigenvalue weighted by molar-refractivity contribution is -0.174. The molecular formula is C5H7BrN2O2. The second-order valence-electron chi connectivity index (χ2n) is 2.02. The summed E-state index contributed by atoms with van der Waals surface area (Å²) in [6.07, 6.45) is 1.30. The van der Waals surface area contributed by atoms with Crippen molar-refractivity contribution in [2.45, 2.75) is 6.04 Å². The predicted octanol–water partition coefficient (Wildman–Crippen LogP) is -0.405. The molecule has 0 aromatic heterocycles. The predicted molar refractivity (Wildman–Crippen MR) is 38.3 cm³/mol. The Kier molecular flexibility index (Phi) is 2.26. The molecule has 0 aromatic rings. The normalized spacial score (nSPS) is 23.9. The number of amides is 2. The highest BCUT2D eigenvalue weighted by molar-refractivity contribution is 9.09. The summed E-state index contributed by atoms with van der Waals surface area (Å²) in [5, 5.41) is 3.41. The minimum atomic E-state index is 0.155. The average Bonchev–Trinajstić information content (AvgIpc) is 1.89. The van der Waals surface area contributed by atoms with E-state index in [1.807, 2.05) is 0 Å². The Morgan fingerprint density at radius 1 is 1.50 bits per heavy atom. The van der Waals surface area contributed by atoms with Crippen LogP contribution in [0.5, 0.6) is 0 Å². The van der Waals surface area contributed by atoms with Crippen LogP contribution in [0.2, 0.25) is 0 Å². The zero-order valence-corrected chi connectivity index (χ0v) is 6.82. The summed E-state index contributed by atoms with van der Waals surface area (Å²) in [6.45, 7) is 0.632. The molecule has 0 N–H and O–H groups in total. The molecule has 1 aliphatic rings. The minimum Gasteiger partial charge on any atom is -0.277 e. The molecule has 0 spiro atoms. The molecule has 1 heterocycles. The van der Waals surface area contributed by atoms with Crippen LogP contribution < -0.4 is 0 Å². The van der Waals surface area contributed by atoms with Crippen LogP contribution in [-0.4, -0.2) is 40.8 Å². The van der Waals surface area contributed by atoms with Crippen LogP contribution in [0.3, 0.4) is 0 Å². The molecule has 10 heavy (non-hydrogen) atoms. The molecule has 5 heteroatoms. The van der Waals surface area contributed by atoms with Crippen LogP contribution in [0.1, 0.15) is 0 Å². The van der Waals surface area contributed by atoms with E-state index in [1.165, 1.54) is 10.0 Å². The van der Waals surface area contributed by atoms with E-state index < -0.39 is 0 Å². The number of carbonyl (C=O) groups excluding carboxylic acids is 2. The van der Waals surface area contributed by atoms with Gasteiger partial charge in [-0.05, 0) is 0 Å². The molecule has 1 unspecified atom stereocenters. The number of alkyl halides is 1. The molecule has 56 valence electrons. The van der Waals surface area contributed by atoms with E-state index in [0.717, 1.165) is 5.33 Å². The van der Waals surface area contributed by atoms with E-state index in [1.54, 1.807) is 0 Å². The Bertz CT molecular complexity index is 153. The number of rotatable bonds is 3. The third-order valence-corrected chi connectivity index (χ3v) is 2.22. The molecular weight excluding hydrogens is 200 g/mol. The van der Waals surface area contributed by atoms with Crippen molar-refractivity contribution < 1.29 is 9.59 Å². The molecule has 4 nitrogen and oxygen atoms in total. The number of hydrogen-bond donors (Lipinski definition) is 0. The zero-order chi connectivity index (χ0) is 7.56. The van der Waals surface area contributed by atoms with Gasteiger partial charge < -0.3 is 0 Å². The van der Waals surface area contributed by atoms with Crippen molar-refractivity contribution in [3.63, 3.8) is 0 Å². The van der Waals surface area contributed by atoms with Gasteiger partial charge in [-0.3, -0.25) is 14.6 Å². The number of carbonyl (C=O) groups is 2. The largest absolute Gasteiger partial charge is 0.277 e. The lowest BCUT2D eigenvalue weighted by atomic mass is 10.2. The van der Waals surface area contributed by atoms with Crippen LogP contribution in [0.25, 0.3) is 0 Å². The van der Waals surface area contributed by atoms with Crippen LogP contribution in [-0.2, 0) is 9.59 Å². The van der Waals surface area contributed by atoms with E-state index in [-0.39, 0.29) is 6.04 Å². The van der Waals surface area contributed by atoms with Gasteiger partial charge in [0.1, 0.15) is 0 Å². The molecule has 1 aliphatic heterocycles. The Labute approximate surface area is 66.9 Å². The lowest BCUT2D eigenvalue weighted by Crippen LogP contribution is -2.63. The highest BCUT2D eigenvalue weighted by Crippen LogP contribution is 2.15. The quantitative estimate of drug-likeness (QED) is 0.466. The molecule has 0 bridgehead atoms. The summed E-state index contributed by atoms with van der Waals surface area (Å²) in [6, 6.07) is 0.155. The van der Waals surface area contributed by atoms with Crippen molar-refractivity contribution in [2.24, 2.45) is 0 Å². The first kappa shape index (κ1) is 7.53. The van der Waals surface area contributed by atoms with Crippen molar-refractivity contribution in [1.82, 2.24) is 10.0 Å². The molecule has 0 radical (unpaired) electrons. The fraction of sp³-hybridized carbons (Fsp3) is 0.600. The van der Waals surface area contributed by atoms with Crippen molar-refractivity contribution in [2.75, 3.05) is 11.9 Å². The summed E-state index contributed by atoms with van der Waals surface area (Å²) in [5.74, 6) is 0. The van der Waals surface area contributed by atoms with E-state index in [9.17, 15) is 9.59 Å². The maximum absolute atomic E-state index is 10.2. The highest BCUT2D eigenvalue weighted by Gasteiger charge is 2.33. The van der Waals surface area contributed by atoms with Gasteiger partial charge >= 0.3 is 0 Å².